The summed E-state index contributed by atoms with van der Waals surface area (Å²) in [4.78, 5) is 0. The van der Waals surface area contributed by atoms with Gasteiger partial charge in [-0.15, -0.1) is 0 Å². The Morgan fingerprint density at radius 2 is 1.00 bits per heavy atom. The topological polar surface area (TPSA) is 0 Å². The normalized spacial score (nSPS) is 34.2. The summed E-state index contributed by atoms with van der Waals surface area (Å²) >= 11 is 0. The van der Waals surface area contributed by atoms with Crippen molar-refractivity contribution in [1.82, 2.24) is 0 Å². The highest BCUT2D eigenvalue weighted by atomic mass is 14.4. The number of rotatable bonds is 1. The van der Waals surface area contributed by atoms with Gasteiger partial charge in [0, 0.05) is 0 Å². The van der Waals surface area contributed by atoms with Gasteiger partial charge in [0.05, 0.1) is 0 Å². The molecule has 2 aliphatic carbocycles. The van der Waals surface area contributed by atoms with Crippen molar-refractivity contribution < 1.29 is 0 Å². The summed E-state index contributed by atoms with van der Waals surface area (Å²) in [6, 6.07) is 0. The summed E-state index contributed by atoms with van der Waals surface area (Å²) in [7, 11) is 0. The lowest BCUT2D eigenvalue weighted by molar-refractivity contribution is 0.181. The molecule has 0 nitrogen and oxygen atoms in total. The van der Waals surface area contributed by atoms with E-state index in [0.29, 0.717) is 11.8 Å². The molecule has 16 heavy (non-hydrogen) atoms. The van der Waals surface area contributed by atoms with E-state index in [2.05, 4.69) is 76.3 Å². The van der Waals surface area contributed by atoms with E-state index in [9.17, 15) is 0 Å². The number of hydrogen-bond acceptors (Lipinski definition) is 0. The molecule has 2 aliphatic rings. The van der Waals surface area contributed by atoms with Gasteiger partial charge in [-0.25, -0.2) is 0 Å². The van der Waals surface area contributed by atoms with Gasteiger partial charge in [0.2, 0.25) is 0 Å². The SMILES string of the molecule is CC1(C)C=CC=CC1C1C=CC=CC1(C)C. The van der Waals surface area contributed by atoms with Crippen LogP contribution in [0, 0.1) is 22.7 Å². The van der Waals surface area contributed by atoms with Crippen LogP contribution in [-0.4, -0.2) is 0 Å². The predicted octanol–water partition coefficient (Wildman–Crippen LogP) is 4.52. The van der Waals surface area contributed by atoms with Crippen LogP contribution in [0.2, 0.25) is 0 Å². The van der Waals surface area contributed by atoms with Crippen LogP contribution in [0.25, 0.3) is 0 Å². The van der Waals surface area contributed by atoms with Gasteiger partial charge in [-0.05, 0) is 22.7 Å². The molecule has 0 aliphatic heterocycles. The molecular weight excluding hydrogens is 192 g/mol. The molecule has 86 valence electrons. The van der Waals surface area contributed by atoms with E-state index in [1.54, 1.807) is 0 Å². The maximum atomic E-state index is 2.37. The van der Waals surface area contributed by atoms with Crippen molar-refractivity contribution in [2.45, 2.75) is 27.7 Å². The van der Waals surface area contributed by atoms with Gasteiger partial charge < -0.3 is 0 Å². The third-order valence-electron chi connectivity index (χ3n) is 4.02. The summed E-state index contributed by atoms with van der Waals surface area (Å²) in [5.41, 5.74) is 0.512. The molecule has 0 fully saturated rings. The second kappa shape index (κ2) is 3.76. The molecule has 0 saturated heterocycles. The molecule has 0 aromatic carbocycles. The summed E-state index contributed by atoms with van der Waals surface area (Å²) in [6.45, 7) is 9.33. The lowest BCUT2D eigenvalue weighted by atomic mass is 9.61. The van der Waals surface area contributed by atoms with E-state index >= 15 is 0 Å². The molecule has 0 aromatic rings. The summed E-state index contributed by atoms with van der Waals surface area (Å²) in [6.07, 6.45) is 18.1. The Morgan fingerprint density at radius 3 is 1.31 bits per heavy atom. The lowest BCUT2D eigenvalue weighted by Crippen LogP contribution is -2.36. The molecule has 0 heterocycles. The molecule has 0 aromatic heterocycles. The Balaban J connectivity index is 2.32. The maximum Gasteiger partial charge on any atom is -0.00731 e. The van der Waals surface area contributed by atoms with Gasteiger partial charge in [-0.1, -0.05) is 76.3 Å². The van der Waals surface area contributed by atoms with Crippen molar-refractivity contribution in [2.75, 3.05) is 0 Å². The predicted molar refractivity (Wildman–Crippen MR) is 71.1 cm³/mol. The summed E-state index contributed by atoms with van der Waals surface area (Å²) in [5, 5.41) is 0. The Bertz CT molecular complexity index is 337. The largest absolute Gasteiger partial charge is 0.0800 e. The lowest BCUT2D eigenvalue weighted by Gasteiger charge is -2.43. The second-order valence-electron chi connectivity index (χ2n) is 6.18. The Labute approximate surface area is 99.4 Å². The van der Waals surface area contributed by atoms with Crippen LogP contribution in [0.3, 0.4) is 0 Å². The minimum Gasteiger partial charge on any atom is -0.0800 e. The molecular formula is C16H22. The molecule has 0 saturated carbocycles. The van der Waals surface area contributed by atoms with Crippen LogP contribution >= 0.6 is 0 Å². The fourth-order valence-corrected chi connectivity index (χ4v) is 2.86. The summed E-state index contributed by atoms with van der Waals surface area (Å²) < 4.78 is 0. The fourth-order valence-electron chi connectivity index (χ4n) is 2.86. The zero-order valence-corrected chi connectivity index (χ0v) is 10.8. The van der Waals surface area contributed by atoms with E-state index in [0.717, 1.165) is 0 Å². The van der Waals surface area contributed by atoms with E-state index in [4.69, 9.17) is 0 Å². The Hall–Kier alpha value is -1.04. The van der Waals surface area contributed by atoms with Crippen molar-refractivity contribution in [3.05, 3.63) is 48.6 Å². The van der Waals surface area contributed by atoms with Crippen LogP contribution in [0.1, 0.15) is 27.7 Å². The highest BCUT2D eigenvalue weighted by Crippen LogP contribution is 2.47. The van der Waals surface area contributed by atoms with E-state index in [1.165, 1.54) is 0 Å². The zero-order valence-electron chi connectivity index (χ0n) is 10.8. The van der Waals surface area contributed by atoms with Gasteiger partial charge in [0.1, 0.15) is 0 Å². The molecule has 2 rings (SSSR count). The van der Waals surface area contributed by atoms with E-state index in [-0.39, 0.29) is 10.8 Å². The van der Waals surface area contributed by atoms with Gasteiger partial charge in [-0.3, -0.25) is 0 Å². The van der Waals surface area contributed by atoms with Gasteiger partial charge in [0.15, 0.2) is 0 Å². The smallest absolute Gasteiger partial charge is 0.00731 e. The molecule has 0 bridgehead atoms. The van der Waals surface area contributed by atoms with Crippen molar-refractivity contribution in [3.63, 3.8) is 0 Å². The molecule has 0 heteroatoms. The highest BCUT2D eigenvalue weighted by molar-refractivity contribution is 5.26. The number of hydrogen-bond donors (Lipinski definition) is 0. The first-order chi connectivity index (χ1) is 7.43. The molecule has 0 amide bonds. The van der Waals surface area contributed by atoms with Crippen LogP contribution in [-0.2, 0) is 0 Å². The average Bonchev–Trinajstić information content (AvgIpc) is 2.18. The van der Waals surface area contributed by atoms with Crippen LogP contribution < -0.4 is 0 Å². The minimum absolute atomic E-state index is 0.256. The monoisotopic (exact) mass is 214 g/mol. The molecule has 0 spiro atoms. The van der Waals surface area contributed by atoms with Crippen molar-refractivity contribution in [1.29, 1.82) is 0 Å². The molecule has 2 unspecified atom stereocenters. The first-order valence-corrected chi connectivity index (χ1v) is 6.15. The van der Waals surface area contributed by atoms with Crippen molar-refractivity contribution in [2.24, 2.45) is 22.7 Å². The van der Waals surface area contributed by atoms with Crippen LogP contribution in [0.4, 0.5) is 0 Å². The summed E-state index contributed by atoms with van der Waals surface area (Å²) in [5.74, 6) is 1.18. The van der Waals surface area contributed by atoms with E-state index in [1.807, 2.05) is 0 Å². The number of allylic oxidation sites excluding steroid dienone is 8. The zero-order chi connectivity index (χ0) is 11.8. The molecule has 0 N–H and O–H groups in total. The van der Waals surface area contributed by atoms with E-state index < -0.39 is 0 Å². The Kier molecular flexibility index (Phi) is 2.69. The molecule has 2 atom stereocenters. The standard InChI is InChI=1S/C16H22/c1-15(2)11-7-5-9-13(15)14-10-6-8-12-16(14,3)4/h5-14H,1-4H3. The average molecular weight is 214 g/mol. The quantitative estimate of drug-likeness (QED) is 0.602. The van der Waals surface area contributed by atoms with Crippen LogP contribution in [0.5, 0.6) is 0 Å². The van der Waals surface area contributed by atoms with Crippen molar-refractivity contribution >= 4 is 0 Å². The minimum atomic E-state index is 0.256. The van der Waals surface area contributed by atoms with Gasteiger partial charge >= 0.3 is 0 Å². The highest BCUT2D eigenvalue weighted by Gasteiger charge is 2.39. The van der Waals surface area contributed by atoms with Crippen molar-refractivity contribution in [3.8, 4) is 0 Å². The fraction of sp³-hybridized carbons (Fsp3) is 0.500. The third kappa shape index (κ3) is 1.93. The first-order valence-electron chi connectivity index (χ1n) is 6.15. The maximum absolute atomic E-state index is 2.37. The van der Waals surface area contributed by atoms with Crippen LogP contribution in [0.15, 0.2) is 48.6 Å². The molecule has 0 radical (unpaired) electrons. The second-order valence-corrected chi connectivity index (χ2v) is 6.18. The van der Waals surface area contributed by atoms with Gasteiger partial charge in [0.25, 0.3) is 0 Å². The Morgan fingerprint density at radius 1 is 0.625 bits per heavy atom. The first kappa shape index (κ1) is 11.4. The van der Waals surface area contributed by atoms with Gasteiger partial charge in [-0.2, -0.15) is 0 Å². The third-order valence-corrected chi connectivity index (χ3v) is 4.02.